The molecule has 0 aliphatic carbocycles. The van der Waals surface area contributed by atoms with E-state index in [0.29, 0.717) is 6.42 Å². The minimum Gasteiger partial charge on any atom is -0.550 e. The molecule has 0 aliphatic heterocycles. The van der Waals surface area contributed by atoms with Gasteiger partial charge in [-0.25, -0.2) is 0 Å². The topological polar surface area (TPSA) is 89.5 Å². The summed E-state index contributed by atoms with van der Waals surface area (Å²) in [5.74, 6) is -1.40. The van der Waals surface area contributed by atoms with Crippen molar-refractivity contribution in [2.45, 2.75) is 53.6 Å². The van der Waals surface area contributed by atoms with Gasteiger partial charge < -0.3 is 20.3 Å². The van der Waals surface area contributed by atoms with Gasteiger partial charge in [0, 0.05) is 23.3 Å². The Morgan fingerprint density at radius 3 is 2.11 bits per heavy atom. The molecule has 19 heavy (non-hydrogen) atoms. The van der Waals surface area contributed by atoms with Crippen LogP contribution < -0.4 is 40.0 Å². The van der Waals surface area contributed by atoms with E-state index in [4.69, 9.17) is 5.11 Å². The first-order valence-electron chi connectivity index (χ1n) is 6.23. The van der Waals surface area contributed by atoms with Gasteiger partial charge in [-0.15, -0.1) is 0 Å². The van der Waals surface area contributed by atoms with Crippen molar-refractivity contribution in [3.05, 3.63) is 0 Å². The van der Waals surface area contributed by atoms with E-state index in [2.05, 4.69) is 5.32 Å². The maximum Gasteiger partial charge on any atom is 1.00 e. The third-order valence-corrected chi connectivity index (χ3v) is 3.28. The van der Waals surface area contributed by atoms with Crippen LogP contribution in [0, 0.1) is 10.8 Å². The van der Waals surface area contributed by atoms with E-state index < -0.39 is 22.9 Å². The van der Waals surface area contributed by atoms with Gasteiger partial charge in [-0.05, 0) is 19.8 Å². The number of carbonyl (C=O) groups excluding carboxylic acids is 2. The van der Waals surface area contributed by atoms with Crippen LogP contribution >= 0.6 is 0 Å². The van der Waals surface area contributed by atoms with Crippen LogP contribution in [-0.2, 0) is 9.59 Å². The van der Waals surface area contributed by atoms with E-state index in [9.17, 15) is 14.7 Å². The van der Waals surface area contributed by atoms with E-state index in [1.807, 2.05) is 0 Å². The summed E-state index contributed by atoms with van der Waals surface area (Å²) < 4.78 is 0. The van der Waals surface area contributed by atoms with Gasteiger partial charge in [-0.3, -0.25) is 4.79 Å². The molecule has 0 bridgehead atoms. The molecule has 1 amide bonds. The monoisotopic (exact) mass is 281 g/mol. The van der Waals surface area contributed by atoms with Crippen molar-refractivity contribution in [3.8, 4) is 0 Å². The van der Waals surface area contributed by atoms with Gasteiger partial charge in [0.15, 0.2) is 0 Å². The zero-order valence-electron chi connectivity index (χ0n) is 12.9. The van der Waals surface area contributed by atoms with Gasteiger partial charge in [-0.1, -0.05) is 27.7 Å². The summed E-state index contributed by atoms with van der Waals surface area (Å²) in [4.78, 5) is 23.1. The van der Waals surface area contributed by atoms with Crippen LogP contribution in [0.15, 0.2) is 0 Å². The van der Waals surface area contributed by atoms with Crippen molar-refractivity contribution in [3.63, 3.8) is 0 Å². The molecule has 0 aromatic rings. The minimum absolute atomic E-state index is 0. The Bertz CT molecular complexity index is 318. The van der Waals surface area contributed by atoms with Gasteiger partial charge >= 0.3 is 29.6 Å². The SMILES string of the molecule is CCC(C)(CC(C)(C)C(=O)NCC(C)O)C(=O)[O-].[Na+]. The molecule has 0 aliphatic rings. The molecular formula is C13H24NNaO4. The molecule has 2 N–H and O–H groups in total. The first-order chi connectivity index (χ1) is 8.05. The number of rotatable bonds is 7. The van der Waals surface area contributed by atoms with Crippen molar-refractivity contribution in [1.82, 2.24) is 5.32 Å². The zero-order valence-corrected chi connectivity index (χ0v) is 14.9. The van der Waals surface area contributed by atoms with Crippen LogP contribution in [0.5, 0.6) is 0 Å². The van der Waals surface area contributed by atoms with Gasteiger partial charge in [0.25, 0.3) is 0 Å². The fourth-order valence-corrected chi connectivity index (χ4v) is 1.88. The molecule has 0 fully saturated rings. The summed E-state index contributed by atoms with van der Waals surface area (Å²) in [5, 5.41) is 22.9. The third kappa shape index (κ3) is 6.75. The number of hydrogen-bond donors (Lipinski definition) is 2. The van der Waals surface area contributed by atoms with Crippen LogP contribution in [0.2, 0.25) is 0 Å². The molecule has 2 unspecified atom stereocenters. The van der Waals surface area contributed by atoms with Crippen molar-refractivity contribution in [2.75, 3.05) is 6.54 Å². The smallest absolute Gasteiger partial charge is 0.550 e. The molecule has 5 nitrogen and oxygen atoms in total. The molecule has 0 heterocycles. The van der Waals surface area contributed by atoms with Crippen LogP contribution in [0.1, 0.15) is 47.5 Å². The first kappa shape index (κ1) is 21.2. The van der Waals surface area contributed by atoms with Gasteiger partial charge in [0.05, 0.1) is 6.10 Å². The number of carboxylic acids is 1. The van der Waals surface area contributed by atoms with Crippen molar-refractivity contribution in [1.29, 1.82) is 0 Å². The molecule has 0 radical (unpaired) electrons. The van der Waals surface area contributed by atoms with Gasteiger partial charge in [0.2, 0.25) is 5.91 Å². The summed E-state index contributed by atoms with van der Waals surface area (Å²) in [6, 6.07) is 0. The second-order valence-electron chi connectivity index (χ2n) is 5.82. The standard InChI is InChI=1S/C13H25NO4.Na/c1-6-13(5,11(17)18)8-12(3,4)10(16)14-7-9(2)15;/h9,15H,6-8H2,1-5H3,(H,14,16)(H,17,18);/q;+1/p-1. The molecule has 0 aromatic carbocycles. The zero-order chi connectivity index (χ0) is 14.6. The van der Waals surface area contributed by atoms with E-state index in [0.717, 1.165) is 0 Å². The van der Waals surface area contributed by atoms with Crippen molar-refractivity contribution >= 4 is 11.9 Å². The van der Waals surface area contributed by atoms with Gasteiger partial charge in [-0.2, -0.15) is 0 Å². The molecule has 2 atom stereocenters. The maximum absolute atomic E-state index is 11.9. The Labute approximate surface area is 137 Å². The van der Waals surface area contributed by atoms with E-state index in [1.165, 1.54) is 0 Å². The fourth-order valence-electron chi connectivity index (χ4n) is 1.88. The second-order valence-corrected chi connectivity index (χ2v) is 5.82. The number of aliphatic hydroxyl groups excluding tert-OH is 1. The Morgan fingerprint density at radius 2 is 1.79 bits per heavy atom. The number of aliphatic carboxylic acids is 1. The predicted octanol–water partition coefficient (Wildman–Crippen LogP) is -2.93. The molecule has 6 heteroatoms. The number of carboxylic acid groups (broad SMARTS) is 1. The minimum atomic E-state index is -1.14. The first-order valence-corrected chi connectivity index (χ1v) is 6.23. The Balaban J connectivity index is 0. The molecule has 0 spiro atoms. The third-order valence-electron chi connectivity index (χ3n) is 3.28. The fraction of sp³-hybridized carbons (Fsp3) is 0.846. The summed E-state index contributed by atoms with van der Waals surface area (Å²) in [5.41, 5.74) is -1.84. The maximum atomic E-state index is 11.9. The quantitative estimate of drug-likeness (QED) is 0.489. The van der Waals surface area contributed by atoms with E-state index in [-0.39, 0.29) is 48.4 Å². The van der Waals surface area contributed by atoms with Crippen molar-refractivity contribution < 1.29 is 49.4 Å². The number of hydrogen-bond acceptors (Lipinski definition) is 4. The predicted molar refractivity (Wildman–Crippen MR) is 66.5 cm³/mol. The summed E-state index contributed by atoms with van der Waals surface area (Å²) in [6.45, 7) is 8.48. The summed E-state index contributed by atoms with van der Waals surface area (Å²) >= 11 is 0. The molecule has 106 valence electrons. The average Bonchev–Trinajstić information content (AvgIpc) is 2.24. The molecule has 0 rings (SSSR count). The Morgan fingerprint density at radius 1 is 1.32 bits per heavy atom. The van der Waals surface area contributed by atoms with Crippen LogP contribution in [0.3, 0.4) is 0 Å². The number of nitrogens with one attached hydrogen (secondary N) is 1. The van der Waals surface area contributed by atoms with Crippen LogP contribution in [0.25, 0.3) is 0 Å². The summed E-state index contributed by atoms with van der Waals surface area (Å²) in [6.07, 6.45) is -0.0177. The summed E-state index contributed by atoms with van der Waals surface area (Å²) in [7, 11) is 0. The Kier molecular flexibility index (Phi) is 9.20. The van der Waals surface area contributed by atoms with E-state index in [1.54, 1.807) is 34.6 Å². The van der Waals surface area contributed by atoms with E-state index >= 15 is 0 Å². The van der Waals surface area contributed by atoms with Crippen LogP contribution in [0.4, 0.5) is 0 Å². The number of carbonyl (C=O) groups is 2. The molecule has 0 saturated heterocycles. The normalized spacial score (nSPS) is 15.9. The molecule has 0 aromatic heterocycles. The second kappa shape index (κ2) is 8.25. The van der Waals surface area contributed by atoms with Gasteiger partial charge in [0.1, 0.15) is 0 Å². The van der Waals surface area contributed by atoms with Crippen LogP contribution in [-0.4, -0.2) is 29.6 Å². The average molecular weight is 281 g/mol. The van der Waals surface area contributed by atoms with Crippen molar-refractivity contribution in [2.24, 2.45) is 10.8 Å². The number of aliphatic hydroxyl groups is 1. The Hall–Kier alpha value is -0.100. The largest absolute Gasteiger partial charge is 1.00 e. The number of amides is 1. The molecular weight excluding hydrogens is 257 g/mol. The molecule has 0 saturated carbocycles.